The van der Waals surface area contributed by atoms with Crippen molar-refractivity contribution in [3.8, 4) is 5.88 Å². The van der Waals surface area contributed by atoms with Crippen LogP contribution in [0.15, 0.2) is 12.4 Å². The zero-order valence-electron chi connectivity index (χ0n) is 14.1. The molecule has 23 heavy (non-hydrogen) atoms. The second kappa shape index (κ2) is 6.06. The largest absolute Gasteiger partial charge is 0.481 e. The van der Waals surface area contributed by atoms with Crippen LogP contribution < -0.4 is 4.74 Å². The van der Waals surface area contributed by atoms with Gasteiger partial charge in [-0.15, -0.1) is 0 Å². The molecule has 2 aromatic rings. The third-order valence-corrected chi connectivity index (χ3v) is 4.37. The minimum Gasteiger partial charge on any atom is -0.481 e. The highest BCUT2D eigenvalue weighted by molar-refractivity contribution is 5.77. The van der Waals surface area contributed by atoms with Gasteiger partial charge in [0, 0.05) is 19.8 Å². The van der Waals surface area contributed by atoms with E-state index in [1.165, 1.54) is 0 Å². The topological polar surface area (TPSA) is 65.2 Å². The van der Waals surface area contributed by atoms with Gasteiger partial charge < -0.3 is 9.64 Å². The van der Waals surface area contributed by atoms with E-state index in [9.17, 15) is 4.79 Å². The third kappa shape index (κ3) is 2.83. The maximum atomic E-state index is 12.7. The average molecular weight is 317 g/mol. The van der Waals surface area contributed by atoms with Crippen molar-refractivity contribution in [3.63, 3.8) is 0 Å². The van der Waals surface area contributed by atoms with Crippen molar-refractivity contribution in [1.82, 2.24) is 24.5 Å². The molecule has 1 aliphatic heterocycles. The van der Waals surface area contributed by atoms with Gasteiger partial charge in [-0.3, -0.25) is 9.48 Å². The molecule has 0 N–H and O–H groups in total. The van der Waals surface area contributed by atoms with Gasteiger partial charge in [0.1, 0.15) is 6.54 Å². The molecular weight excluding hydrogens is 294 g/mol. The standard InChI is InChI=1S/C16H23N5O2/c1-11-8-17-20(9-11)10-14(22)21-7-5-6-13(21)15-12(2)18-19(3)16(15)23-4/h8-9,13H,5-7,10H2,1-4H3/t13-/m0/s1. The minimum absolute atomic E-state index is 0.0304. The van der Waals surface area contributed by atoms with E-state index in [0.717, 1.165) is 42.1 Å². The smallest absolute Gasteiger partial charge is 0.244 e. The molecule has 0 radical (unpaired) electrons. The normalized spacial score (nSPS) is 17.7. The summed E-state index contributed by atoms with van der Waals surface area (Å²) >= 11 is 0. The summed E-state index contributed by atoms with van der Waals surface area (Å²) in [5.41, 5.74) is 3.00. The maximum Gasteiger partial charge on any atom is 0.244 e. The number of methoxy groups -OCH3 is 1. The first-order valence-corrected chi connectivity index (χ1v) is 7.87. The highest BCUT2D eigenvalue weighted by Gasteiger charge is 2.35. The summed E-state index contributed by atoms with van der Waals surface area (Å²) in [7, 11) is 3.51. The van der Waals surface area contributed by atoms with Gasteiger partial charge in [-0.05, 0) is 32.3 Å². The molecule has 3 heterocycles. The van der Waals surface area contributed by atoms with Crippen molar-refractivity contribution in [3.05, 3.63) is 29.2 Å². The lowest BCUT2D eigenvalue weighted by atomic mass is 10.0. The lowest BCUT2D eigenvalue weighted by molar-refractivity contribution is -0.133. The summed E-state index contributed by atoms with van der Waals surface area (Å²) < 4.78 is 8.94. The number of ether oxygens (including phenoxy) is 1. The fourth-order valence-electron chi connectivity index (χ4n) is 3.43. The number of hydrogen-bond acceptors (Lipinski definition) is 4. The second-order valence-electron chi connectivity index (χ2n) is 6.09. The third-order valence-electron chi connectivity index (χ3n) is 4.37. The van der Waals surface area contributed by atoms with Crippen molar-refractivity contribution in [1.29, 1.82) is 0 Å². The number of carbonyl (C=O) groups excluding carboxylic acids is 1. The van der Waals surface area contributed by atoms with E-state index in [2.05, 4.69) is 10.2 Å². The zero-order valence-corrected chi connectivity index (χ0v) is 14.1. The Hall–Kier alpha value is -2.31. The Morgan fingerprint density at radius 3 is 2.87 bits per heavy atom. The maximum absolute atomic E-state index is 12.7. The number of carbonyl (C=O) groups is 1. The summed E-state index contributed by atoms with van der Waals surface area (Å²) in [5, 5.41) is 8.65. The van der Waals surface area contributed by atoms with E-state index < -0.39 is 0 Å². The van der Waals surface area contributed by atoms with Gasteiger partial charge >= 0.3 is 0 Å². The number of aryl methyl sites for hydroxylation is 3. The van der Waals surface area contributed by atoms with Crippen molar-refractivity contribution in [2.24, 2.45) is 7.05 Å². The summed E-state index contributed by atoms with van der Waals surface area (Å²) in [4.78, 5) is 14.7. The molecule has 0 unspecified atom stereocenters. The molecule has 1 atom stereocenters. The van der Waals surface area contributed by atoms with Gasteiger partial charge in [-0.25, -0.2) is 4.68 Å². The number of likely N-dealkylation sites (tertiary alicyclic amines) is 1. The number of rotatable bonds is 4. The van der Waals surface area contributed by atoms with Crippen LogP contribution in [-0.2, 0) is 18.4 Å². The van der Waals surface area contributed by atoms with Gasteiger partial charge in [0.05, 0.1) is 30.6 Å². The van der Waals surface area contributed by atoms with Gasteiger partial charge in [-0.1, -0.05) is 0 Å². The molecule has 7 heteroatoms. The predicted molar refractivity (Wildman–Crippen MR) is 85.1 cm³/mol. The molecule has 0 spiro atoms. The van der Waals surface area contributed by atoms with Crippen LogP contribution in [0.2, 0.25) is 0 Å². The molecule has 1 fully saturated rings. The summed E-state index contributed by atoms with van der Waals surface area (Å²) in [5.74, 6) is 0.822. The molecule has 3 rings (SSSR count). The average Bonchev–Trinajstić information content (AvgIpc) is 3.18. The van der Waals surface area contributed by atoms with Crippen LogP contribution in [0.25, 0.3) is 0 Å². The van der Waals surface area contributed by atoms with Crippen LogP contribution in [0.3, 0.4) is 0 Å². The van der Waals surface area contributed by atoms with Gasteiger partial charge in [-0.2, -0.15) is 10.2 Å². The van der Waals surface area contributed by atoms with Crippen LogP contribution in [0, 0.1) is 13.8 Å². The molecule has 0 aromatic carbocycles. The highest BCUT2D eigenvalue weighted by Crippen LogP contribution is 2.38. The number of nitrogens with zero attached hydrogens (tertiary/aromatic N) is 5. The van der Waals surface area contributed by atoms with E-state index in [0.29, 0.717) is 0 Å². The highest BCUT2D eigenvalue weighted by atomic mass is 16.5. The number of hydrogen-bond donors (Lipinski definition) is 0. The van der Waals surface area contributed by atoms with Gasteiger partial charge in [0.15, 0.2) is 0 Å². The van der Waals surface area contributed by atoms with Crippen LogP contribution in [0.4, 0.5) is 0 Å². The fourth-order valence-corrected chi connectivity index (χ4v) is 3.43. The Labute approximate surface area is 135 Å². The Bertz CT molecular complexity index is 718. The van der Waals surface area contributed by atoms with Crippen LogP contribution >= 0.6 is 0 Å². The molecule has 124 valence electrons. The molecule has 0 saturated carbocycles. The van der Waals surface area contributed by atoms with Crippen molar-refractivity contribution in [2.75, 3.05) is 13.7 Å². The number of amides is 1. The predicted octanol–water partition coefficient (Wildman–Crippen LogP) is 1.61. The van der Waals surface area contributed by atoms with E-state index in [4.69, 9.17) is 4.74 Å². The summed E-state index contributed by atoms with van der Waals surface area (Å²) in [6.07, 6.45) is 5.58. The summed E-state index contributed by atoms with van der Waals surface area (Å²) in [6, 6.07) is 0.0304. The lowest BCUT2D eigenvalue weighted by Crippen LogP contribution is -2.33. The molecule has 1 saturated heterocycles. The molecule has 0 bridgehead atoms. The van der Waals surface area contributed by atoms with E-state index >= 15 is 0 Å². The monoisotopic (exact) mass is 317 g/mol. The number of aromatic nitrogens is 4. The molecule has 7 nitrogen and oxygen atoms in total. The van der Waals surface area contributed by atoms with Gasteiger partial charge in [0.2, 0.25) is 11.8 Å². The Balaban J connectivity index is 1.84. The minimum atomic E-state index is 0.0304. The zero-order chi connectivity index (χ0) is 16.6. The van der Waals surface area contributed by atoms with Crippen LogP contribution in [0.5, 0.6) is 5.88 Å². The Kier molecular flexibility index (Phi) is 4.11. The first-order valence-electron chi connectivity index (χ1n) is 7.87. The van der Waals surface area contributed by atoms with Crippen molar-refractivity contribution in [2.45, 2.75) is 39.3 Å². The Morgan fingerprint density at radius 1 is 1.43 bits per heavy atom. The molecular formula is C16H23N5O2. The van der Waals surface area contributed by atoms with Crippen LogP contribution in [0.1, 0.15) is 35.7 Å². The molecule has 0 aliphatic carbocycles. The van der Waals surface area contributed by atoms with E-state index in [-0.39, 0.29) is 18.5 Å². The second-order valence-corrected chi connectivity index (χ2v) is 6.09. The first kappa shape index (κ1) is 15.6. The van der Waals surface area contributed by atoms with E-state index in [1.54, 1.807) is 22.7 Å². The fraction of sp³-hybridized carbons (Fsp3) is 0.562. The van der Waals surface area contributed by atoms with Crippen molar-refractivity contribution >= 4 is 5.91 Å². The molecule has 2 aromatic heterocycles. The van der Waals surface area contributed by atoms with E-state index in [1.807, 2.05) is 32.0 Å². The Morgan fingerprint density at radius 2 is 2.22 bits per heavy atom. The lowest BCUT2D eigenvalue weighted by Gasteiger charge is -2.25. The first-order chi connectivity index (χ1) is 11.0. The molecule has 1 amide bonds. The quantitative estimate of drug-likeness (QED) is 0.859. The van der Waals surface area contributed by atoms with Gasteiger partial charge in [0.25, 0.3) is 0 Å². The SMILES string of the molecule is COc1c([C@@H]2CCCN2C(=O)Cn2cc(C)cn2)c(C)nn1C. The summed E-state index contributed by atoms with van der Waals surface area (Å²) in [6.45, 7) is 4.97. The molecule has 1 aliphatic rings. The van der Waals surface area contributed by atoms with Crippen LogP contribution in [-0.4, -0.2) is 44.0 Å². The van der Waals surface area contributed by atoms with Crippen molar-refractivity contribution < 1.29 is 9.53 Å².